The van der Waals surface area contributed by atoms with E-state index >= 15 is 0 Å². The quantitative estimate of drug-likeness (QED) is 0.617. The summed E-state index contributed by atoms with van der Waals surface area (Å²) in [5, 5.41) is 0. The third-order valence-electron chi connectivity index (χ3n) is 3.01. The Kier molecular flexibility index (Phi) is 5.32. The van der Waals surface area contributed by atoms with Crippen molar-refractivity contribution in [3.8, 4) is 0 Å². The van der Waals surface area contributed by atoms with E-state index in [-0.39, 0.29) is 12.1 Å². The molecule has 1 fully saturated rings. The second kappa shape index (κ2) is 6.56. The predicted molar refractivity (Wildman–Crippen MR) is 56.5 cm³/mol. The lowest BCUT2D eigenvalue weighted by Crippen LogP contribution is -2.47. The van der Waals surface area contributed by atoms with E-state index in [1.807, 2.05) is 6.92 Å². The first-order chi connectivity index (χ1) is 7.29. The summed E-state index contributed by atoms with van der Waals surface area (Å²) < 4.78 is 4.98. The molecule has 4 heteroatoms. The van der Waals surface area contributed by atoms with Crippen LogP contribution < -0.4 is 0 Å². The molecule has 0 aliphatic carbocycles. The molecule has 1 saturated heterocycles. The van der Waals surface area contributed by atoms with Crippen LogP contribution in [0.3, 0.4) is 0 Å². The Morgan fingerprint density at radius 2 is 2.27 bits per heavy atom. The number of ether oxygens (including phenoxy) is 1. The summed E-state index contributed by atoms with van der Waals surface area (Å²) in [6.45, 7) is 4.21. The number of piperidine rings is 1. The van der Waals surface area contributed by atoms with Gasteiger partial charge in [-0.05, 0) is 26.3 Å². The normalized spacial score (nSPS) is 24.5. The van der Waals surface area contributed by atoms with Crippen molar-refractivity contribution in [2.24, 2.45) is 0 Å². The third kappa shape index (κ3) is 3.63. The molecule has 0 aromatic carbocycles. The van der Waals surface area contributed by atoms with Gasteiger partial charge in [0.05, 0.1) is 0 Å². The Bertz CT molecular complexity index is 208. The second-order valence-corrected chi connectivity index (χ2v) is 3.99. The molecular formula is C11H19NO3. The van der Waals surface area contributed by atoms with Gasteiger partial charge >= 0.3 is 0 Å². The molecule has 1 aliphatic rings. The molecule has 15 heavy (non-hydrogen) atoms. The highest BCUT2D eigenvalue weighted by Gasteiger charge is 2.27. The van der Waals surface area contributed by atoms with Crippen molar-refractivity contribution in [1.29, 1.82) is 0 Å². The lowest BCUT2D eigenvalue weighted by Gasteiger charge is -2.37. The molecule has 2 atom stereocenters. The van der Waals surface area contributed by atoms with E-state index in [0.29, 0.717) is 12.9 Å². The van der Waals surface area contributed by atoms with E-state index in [4.69, 9.17) is 4.74 Å². The van der Waals surface area contributed by atoms with Crippen molar-refractivity contribution < 1.29 is 14.3 Å². The highest BCUT2D eigenvalue weighted by molar-refractivity contribution is 5.49. The number of rotatable bonds is 6. The lowest BCUT2D eigenvalue weighted by atomic mass is 9.98. The Morgan fingerprint density at radius 1 is 1.47 bits per heavy atom. The van der Waals surface area contributed by atoms with Crippen LogP contribution in [0.5, 0.6) is 0 Å². The van der Waals surface area contributed by atoms with Gasteiger partial charge in [0.25, 0.3) is 6.47 Å². The van der Waals surface area contributed by atoms with E-state index in [2.05, 4.69) is 4.90 Å². The molecule has 0 radical (unpaired) electrons. The zero-order valence-corrected chi connectivity index (χ0v) is 9.22. The number of nitrogens with zero attached hydrogens (tertiary/aromatic N) is 1. The van der Waals surface area contributed by atoms with Crippen LogP contribution >= 0.6 is 0 Å². The fourth-order valence-corrected chi connectivity index (χ4v) is 2.22. The van der Waals surface area contributed by atoms with Gasteiger partial charge in [-0.15, -0.1) is 0 Å². The van der Waals surface area contributed by atoms with Gasteiger partial charge in [-0.3, -0.25) is 9.69 Å². The smallest absolute Gasteiger partial charge is 0.293 e. The van der Waals surface area contributed by atoms with Crippen LogP contribution in [-0.4, -0.2) is 42.9 Å². The van der Waals surface area contributed by atoms with Gasteiger partial charge in [0, 0.05) is 19.0 Å². The summed E-state index contributed by atoms with van der Waals surface area (Å²) in [6, 6.07) is 0.281. The molecule has 0 aromatic heterocycles. The van der Waals surface area contributed by atoms with Crippen molar-refractivity contribution in [3.63, 3.8) is 0 Å². The molecule has 0 N–H and O–H groups in total. The van der Waals surface area contributed by atoms with E-state index < -0.39 is 0 Å². The van der Waals surface area contributed by atoms with Gasteiger partial charge in [-0.2, -0.15) is 0 Å². The lowest BCUT2D eigenvalue weighted by molar-refractivity contribution is -0.137. The summed E-state index contributed by atoms with van der Waals surface area (Å²) in [6.07, 6.45) is 4.82. The fraction of sp³-hybridized carbons (Fsp3) is 0.818. The third-order valence-corrected chi connectivity index (χ3v) is 3.01. The maximum Gasteiger partial charge on any atom is 0.293 e. The summed E-state index contributed by atoms with van der Waals surface area (Å²) in [7, 11) is 0. The molecule has 1 aliphatic heterocycles. The first-order valence-corrected chi connectivity index (χ1v) is 5.56. The van der Waals surface area contributed by atoms with Crippen LogP contribution in [0.1, 0.15) is 32.6 Å². The molecule has 0 aromatic rings. The average Bonchev–Trinajstić information content (AvgIpc) is 2.27. The van der Waals surface area contributed by atoms with E-state index in [9.17, 15) is 9.59 Å². The first kappa shape index (κ1) is 12.2. The monoisotopic (exact) mass is 213 g/mol. The maximum absolute atomic E-state index is 10.3. The molecule has 1 heterocycles. The summed E-state index contributed by atoms with van der Waals surface area (Å²) in [5.41, 5.74) is 0. The van der Waals surface area contributed by atoms with Gasteiger partial charge < -0.3 is 9.53 Å². The topological polar surface area (TPSA) is 46.6 Å². The van der Waals surface area contributed by atoms with Crippen LogP contribution in [0.2, 0.25) is 0 Å². The highest BCUT2D eigenvalue weighted by atomic mass is 16.5. The molecular weight excluding hydrogens is 194 g/mol. The molecule has 1 rings (SSSR count). The zero-order chi connectivity index (χ0) is 11.1. The number of hydrogen-bond acceptors (Lipinski definition) is 4. The minimum absolute atomic E-state index is 0.0746. The van der Waals surface area contributed by atoms with Gasteiger partial charge in [0.1, 0.15) is 12.4 Å². The molecule has 4 nitrogen and oxygen atoms in total. The van der Waals surface area contributed by atoms with E-state index in [1.54, 1.807) is 0 Å². The molecule has 0 spiro atoms. The molecule has 0 amide bonds. The van der Waals surface area contributed by atoms with Crippen molar-refractivity contribution >= 4 is 12.8 Å². The molecule has 0 bridgehead atoms. The maximum atomic E-state index is 10.3. The number of hydrogen-bond donors (Lipinski definition) is 0. The van der Waals surface area contributed by atoms with E-state index in [0.717, 1.165) is 25.8 Å². The number of aldehydes is 1. The number of carbonyl (C=O) groups excluding carboxylic acids is 2. The average molecular weight is 213 g/mol. The van der Waals surface area contributed by atoms with Crippen LogP contribution in [0, 0.1) is 0 Å². The summed E-state index contributed by atoms with van der Waals surface area (Å²) in [5.74, 6) is 0. The largest absolute Gasteiger partial charge is 0.463 e. The first-order valence-electron chi connectivity index (χ1n) is 5.56. The van der Waals surface area contributed by atoms with Gasteiger partial charge in [-0.1, -0.05) is 6.42 Å². The highest BCUT2D eigenvalue weighted by Crippen LogP contribution is 2.21. The minimum atomic E-state index is -0.0746. The van der Waals surface area contributed by atoms with Crippen molar-refractivity contribution in [1.82, 2.24) is 4.90 Å². The summed E-state index contributed by atoms with van der Waals surface area (Å²) >= 11 is 0. The number of carbonyl (C=O) groups is 2. The molecule has 86 valence electrons. The predicted octanol–water partition coefficient (Wildman–Crippen LogP) is 0.991. The second-order valence-electron chi connectivity index (χ2n) is 3.99. The zero-order valence-electron chi connectivity index (χ0n) is 9.22. The van der Waals surface area contributed by atoms with Crippen molar-refractivity contribution in [3.05, 3.63) is 0 Å². The Balaban J connectivity index is 2.48. The van der Waals surface area contributed by atoms with Gasteiger partial charge in [0.2, 0.25) is 0 Å². The van der Waals surface area contributed by atoms with Crippen molar-refractivity contribution in [2.45, 2.75) is 44.8 Å². The fourth-order valence-electron chi connectivity index (χ4n) is 2.22. The minimum Gasteiger partial charge on any atom is -0.463 e. The van der Waals surface area contributed by atoms with Crippen LogP contribution in [0.15, 0.2) is 0 Å². The molecule has 2 unspecified atom stereocenters. The Labute approximate surface area is 90.6 Å². The standard InChI is InChI=1S/C11H19NO3/c1-10(15-9-14)11-5-2-3-6-12(11)7-4-8-13/h8-11H,2-7H2,1H3. The van der Waals surface area contributed by atoms with E-state index in [1.165, 1.54) is 12.8 Å². The van der Waals surface area contributed by atoms with Crippen LogP contribution in [0.25, 0.3) is 0 Å². The SMILES string of the molecule is CC(OC=O)C1CCCCN1CCC=O. The van der Waals surface area contributed by atoms with Crippen molar-refractivity contribution in [2.75, 3.05) is 13.1 Å². The Hall–Kier alpha value is -0.900. The van der Waals surface area contributed by atoms with Crippen LogP contribution in [0.4, 0.5) is 0 Å². The number of likely N-dealkylation sites (tertiary alicyclic amines) is 1. The van der Waals surface area contributed by atoms with Gasteiger partial charge in [0.15, 0.2) is 0 Å². The van der Waals surface area contributed by atoms with Gasteiger partial charge in [-0.25, -0.2) is 0 Å². The van der Waals surface area contributed by atoms with Crippen LogP contribution in [-0.2, 0) is 14.3 Å². The molecule has 0 saturated carbocycles. The summed E-state index contributed by atoms with van der Waals surface area (Å²) in [4.78, 5) is 22.9. The Morgan fingerprint density at radius 3 is 2.93 bits per heavy atom.